The molecule has 0 saturated carbocycles. The van der Waals surface area contributed by atoms with Crippen molar-refractivity contribution in [3.8, 4) is 11.1 Å². The predicted molar refractivity (Wildman–Crippen MR) is 88.5 cm³/mol. The Balaban J connectivity index is 2.96. The quantitative estimate of drug-likeness (QED) is 0.525. The summed E-state index contributed by atoms with van der Waals surface area (Å²) in [6.07, 6.45) is 0. The molecule has 134 valence electrons. The van der Waals surface area contributed by atoms with Crippen LogP contribution in [0.5, 0.6) is 0 Å². The number of hydrogen-bond acceptors (Lipinski definition) is 8. The van der Waals surface area contributed by atoms with Crippen LogP contribution in [0.15, 0.2) is 24.3 Å². The van der Waals surface area contributed by atoms with E-state index in [9.17, 15) is 40.5 Å². The number of hydrogen-bond donors (Lipinski definition) is 0. The third-order valence-electron chi connectivity index (χ3n) is 3.17. The maximum Gasteiger partial charge on any atom is 0.285 e. The first-order valence-electron chi connectivity index (χ1n) is 6.29. The molecule has 0 aliphatic heterocycles. The minimum atomic E-state index is -1.03. The Hall–Kier alpha value is -3.38. The Labute approximate surface area is 152 Å². The molecular weight excluding hydrogens is 399 g/mol. The van der Waals surface area contributed by atoms with Gasteiger partial charge < -0.3 is 0 Å². The van der Waals surface area contributed by atoms with Crippen molar-refractivity contribution in [1.82, 2.24) is 0 Å². The number of halogens is 2. The molecule has 0 saturated heterocycles. The second-order valence-corrected chi connectivity index (χ2v) is 5.49. The van der Waals surface area contributed by atoms with Crippen LogP contribution in [-0.2, 0) is 0 Å². The van der Waals surface area contributed by atoms with Crippen molar-refractivity contribution in [3.63, 3.8) is 0 Å². The minimum Gasteiger partial charge on any atom is -0.258 e. The van der Waals surface area contributed by atoms with Gasteiger partial charge in [-0.25, -0.2) is 0 Å². The summed E-state index contributed by atoms with van der Waals surface area (Å²) in [7, 11) is 0. The average Bonchev–Trinajstić information content (AvgIpc) is 2.53. The molecule has 0 unspecified atom stereocenters. The summed E-state index contributed by atoms with van der Waals surface area (Å²) in [6.45, 7) is 0. The molecular formula is C12H4Cl2N4O8. The van der Waals surface area contributed by atoms with Crippen molar-refractivity contribution in [2.24, 2.45) is 0 Å². The van der Waals surface area contributed by atoms with Gasteiger partial charge in [0.2, 0.25) is 0 Å². The van der Waals surface area contributed by atoms with E-state index < -0.39 is 63.6 Å². The fraction of sp³-hybridized carbons (Fsp3) is 0. The number of benzene rings is 2. The lowest BCUT2D eigenvalue weighted by molar-refractivity contribution is -0.395. The first-order chi connectivity index (χ1) is 12.0. The van der Waals surface area contributed by atoms with Crippen LogP contribution in [0.1, 0.15) is 0 Å². The van der Waals surface area contributed by atoms with Crippen LogP contribution in [0.4, 0.5) is 22.7 Å². The van der Waals surface area contributed by atoms with E-state index in [1.54, 1.807) is 0 Å². The smallest absolute Gasteiger partial charge is 0.258 e. The van der Waals surface area contributed by atoms with Gasteiger partial charge in [0.25, 0.3) is 22.7 Å². The summed E-state index contributed by atoms with van der Waals surface area (Å²) in [5.41, 5.74) is -4.38. The van der Waals surface area contributed by atoms with E-state index in [1.165, 1.54) is 0 Å². The number of rotatable bonds is 5. The lowest BCUT2D eigenvalue weighted by Gasteiger charge is -2.09. The lowest BCUT2D eigenvalue weighted by atomic mass is 10.0. The first-order valence-corrected chi connectivity index (χ1v) is 7.05. The molecule has 0 fully saturated rings. The van der Waals surface area contributed by atoms with E-state index in [2.05, 4.69) is 0 Å². The van der Waals surface area contributed by atoms with Gasteiger partial charge in [0.1, 0.15) is 0 Å². The zero-order chi connectivity index (χ0) is 19.8. The average molecular weight is 403 g/mol. The molecule has 2 rings (SSSR count). The van der Waals surface area contributed by atoms with Gasteiger partial charge in [0.15, 0.2) is 0 Å². The zero-order valence-corrected chi connectivity index (χ0v) is 13.6. The topological polar surface area (TPSA) is 173 Å². The monoisotopic (exact) mass is 402 g/mol. The molecule has 0 bridgehead atoms. The number of non-ortho nitro benzene ring substituents is 2. The first kappa shape index (κ1) is 19.0. The van der Waals surface area contributed by atoms with Gasteiger partial charge in [0, 0.05) is 12.1 Å². The van der Waals surface area contributed by atoms with Crippen molar-refractivity contribution >= 4 is 46.0 Å². The molecule has 0 N–H and O–H groups in total. The van der Waals surface area contributed by atoms with Gasteiger partial charge in [-0.1, -0.05) is 23.2 Å². The molecule has 0 atom stereocenters. The highest BCUT2D eigenvalue weighted by Crippen LogP contribution is 2.47. The molecule has 26 heavy (non-hydrogen) atoms. The molecule has 0 heterocycles. The van der Waals surface area contributed by atoms with Crippen molar-refractivity contribution < 1.29 is 19.7 Å². The Morgan fingerprint density at radius 2 is 0.885 bits per heavy atom. The number of nitro groups is 4. The highest BCUT2D eigenvalue weighted by molar-refractivity contribution is 6.38. The summed E-state index contributed by atoms with van der Waals surface area (Å²) in [5.74, 6) is 0. The molecule has 0 radical (unpaired) electrons. The van der Waals surface area contributed by atoms with Crippen molar-refractivity contribution in [2.75, 3.05) is 0 Å². The molecule has 0 aliphatic rings. The van der Waals surface area contributed by atoms with Crippen molar-refractivity contribution in [2.45, 2.75) is 0 Å². The highest BCUT2D eigenvalue weighted by Gasteiger charge is 2.33. The van der Waals surface area contributed by atoms with Crippen LogP contribution in [0.25, 0.3) is 11.1 Å². The molecule has 0 aromatic heterocycles. The predicted octanol–water partition coefficient (Wildman–Crippen LogP) is 4.29. The number of nitro benzene ring substituents is 4. The summed E-state index contributed by atoms with van der Waals surface area (Å²) < 4.78 is 0. The van der Waals surface area contributed by atoms with Crippen molar-refractivity contribution in [3.05, 3.63) is 74.8 Å². The van der Waals surface area contributed by atoms with Gasteiger partial charge in [-0.3, -0.25) is 40.5 Å². The number of nitrogens with zero attached hydrogens (tertiary/aromatic N) is 4. The molecule has 2 aromatic rings. The van der Waals surface area contributed by atoms with E-state index in [-0.39, 0.29) is 0 Å². The normalized spacial score (nSPS) is 10.4. The summed E-state index contributed by atoms with van der Waals surface area (Å²) >= 11 is 11.8. The van der Waals surface area contributed by atoms with E-state index >= 15 is 0 Å². The second-order valence-electron chi connectivity index (χ2n) is 4.67. The maximum atomic E-state index is 11.3. The van der Waals surface area contributed by atoms with Crippen LogP contribution < -0.4 is 0 Å². The van der Waals surface area contributed by atoms with Crippen LogP contribution in [0.3, 0.4) is 0 Å². The van der Waals surface area contributed by atoms with Gasteiger partial charge in [-0.15, -0.1) is 0 Å². The summed E-state index contributed by atoms with van der Waals surface area (Å²) in [6, 6.07) is 2.63. The molecule has 12 nitrogen and oxygen atoms in total. The van der Waals surface area contributed by atoms with Gasteiger partial charge >= 0.3 is 0 Å². The van der Waals surface area contributed by atoms with E-state index in [0.29, 0.717) is 12.1 Å². The molecule has 0 aliphatic carbocycles. The Morgan fingerprint density at radius 1 is 0.577 bits per heavy atom. The molecule has 14 heteroatoms. The lowest BCUT2D eigenvalue weighted by Crippen LogP contribution is -2.01. The van der Waals surface area contributed by atoms with Crippen molar-refractivity contribution in [1.29, 1.82) is 0 Å². The fourth-order valence-corrected chi connectivity index (χ4v) is 2.76. The third-order valence-corrected chi connectivity index (χ3v) is 3.77. The highest BCUT2D eigenvalue weighted by atomic mass is 35.5. The largest absolute Gasteiger partial charge is 0.285 e. The third kappa shape index (κ3) is 3.36. The standard InChI is InChI=1S/C12H4Cl2N4O8/c13-7-1-5(15(19)20)3-9(17(23)24)11(7)12-8(14)2-6(16(21)22)4-10(12)18(25)26/h1-4H. The van der Waals surface area contributed by atoms with Gasteiger partial charge in [-0.2, -0.15) is 0 Å². The maximum absolute atomic E-state index is 11.3. The van der Waals surface area contributed by atoms with Crippen LogP contribution in [0, 0.1) is 40.5 Å². The minimum absolute atomic E-state index is 0.551. The van der Waals surface area contributed by atoms with Crippen LogP contribution in [0.2, 0.25) is 10.0 Å². The Morgan fingerprint density at radius 3 is 1.12 bits per heavy atom. The van der Waals surface area contributed by atoms with E-state index in [0.717, 1.165) is 12.1 Å². The molecule has 2 aromatic carbocycles. The van der Waals surface area contributed by atoms with E-state index in [1.807, 2.05) is 0 Å². The van der Waals surface area contributed by atoms with E-state index in [4.69, 9.17) is 23.2 Å². The van der Waals surface area contributed by atoms with Crippen LogP contribution >= 0.6 is 23.2 Å². The van der Waals surface area contributed by atoms with Gasteiger partial charge in [-0.05, 0) is 0 Å². The fourth-order valence-electron chi connectivity index (χ4n) is 2.15. The zero-order valence-electron chi connectivity index (χ0n) is 12.1. The SMILES string of the molecule is O=[N+]([O-])c1cc(Cl)c(-c2c(Cl)cc([N+](=O)[O-])cc2[N+](=O)[O-])c([N+](=O)[O-])c1. The second kappa shape index (κ2) is 6.85. The molecule has 0 amide bonds. The summed E-state index contributed by atoms with van der Waals surface area (Å²) in [5, 5.41) is 43.2. The van der Waals surface area contributed by atoms with Gasteiger partial charge in [0.05, 0.1) is 53.0 Å². The van der Waals surface area contributed by atoms with Crippen LogP contribution in [-0.4, -0.2) is 19.7 Å². The molecule has 0 spiro atoms. The Bertz CT molecular complexity index is 914. The summed E-state index contributed by atoms with van der Waals surface area (Å²) in [4.78, 5) is 40.4. The Kier molecular flexibility index (Phi) is 5.00.